The standard InChI is InChI=1S/C6H9N3O/c1-9-3-2-8-6(9)4-5(7)10/h2-3H,4H2,1H3,(H2,7,10)/q+1. The van der Waals surface area contributed by atoms with Gasteiger partial charge in [0.05, 0.1) is 7.05 Å². The first-order chi connectivity index (χ1) is 4.70. The van der Waals surface area contributed by atoms with E-state index in [-0.39, 0.29) is 12.3 Å². The summed E-state index contributed by atoms with van der Waals surface area (Å²) in [5.74, 6) is 0.349. The van der Waals surface area contributed by atoms with E-state index in [1.54, 1.807) is 17.3 Å². The molecule has 1 aliphatic heterocycles. The SMILES string of the molecule is CN1C=C[N+]=C1CC(N)=O. The Morgan fingerprint density at radius 3 is 3.00 bits per heavy atom. The number of aliphatic imine (C=N–C) groups is 1. The molecule has 1 amide bonds. The number of hydrogen-bond acceptors (Lipinski definition) is 3. The zero-order chi connectivity index (χ0) is 7.56. The third kappa shape index (κ3) is 1.34. The van der Waals surface area contributed by atoms with Crippen molar-refractivity contribution in [3.05, 3.63) is 12.4 Å². The molecular formula is C6H9N3O+. The van der Waals surface area contributed by atoms with Crippen LogP contribution in [0, 0.1) is 0 Å². The van der Waals surface area contributed by atoms with Crippen LogP contribution >= 0.6 is 0 Å². The van der Waals surface area contributed by atoms with Gasteiger partial charge in [-0.05, 0) is 0 Å². The number of amidine groups is 1. The van der Waals surface area contributed by atoms with Crippen molar-refractivity contribution in [2.45, 2.75) is 6.42 Å². The number of primary amides is 1. The second kappa shape index (κ2) is 2.51. The van der Waals surface area contributed by atoms with Crippen molar-refractivity contribution in [1.82, 2.24) is 9.89 Å². The molecule has 1 radical (unpaired) electrons. The molecule has 2 N–H and O–H groups in total. The van der Waals surface area contributed by atoms with E-state index < -0.39 is 0 Å². The maximum Gasteiger partial charge on any atom is 0.307 e. The number of amides is 1. The zero-order valence-corrected chi connectivity index (χ0v) is 5.74. The van der Waals surface area contributed by atoms with E-state index in [0.717, 1.165) is 0 Å². The number of rotatable bonds is 2. The number of hydrogen-bond donors (Lipinski definition) is 1. The van der Waals surface area contributed by atoms with Crippen LogP contribution in [0.2, 0.25) is 0 Å². The number of nitrogens with two attached hydrogens (primary N) is 1. The molecular weight excluding hydrogens is 130 g/mol. The van der Waals surface area contributed by atoms with E-state index in [1.807, 2.05) is 7.05 Å². The van der Waals surface area contributed by atoms with Crippen LogP contribution in [0.25, 0.3) is 0 Å². The van der Waals surface area contributed by atoms with Crippen LogP contribution in [0.5, 0.6) is 0 Å². The summed E-state index contributed by atoms with van der Waals surface area (Å²) in [5.41, 5.74) is 4.96. The van der Waals surface area contributed by atoms with E-state index in [9.17, 15) is 4.79 Å². The molecule has 0 unspecified atom stereocenters. The van der Waals surface area contributed by atoms with Gasteiger partial charge in [-0.1, -0.05) is 4.99 Å². The molecule has 0 aromatic heterocycles. The van der Waals surface area contributed by atoms with E-state index in [4.69, 9.17) is 5.73 Å². The molecule has 53 valence electrons. The van der Waals surface area contributed by atoms with Gasteiger partial charge in [-0.2, -0.15) is 0 Å². The molecule has 1 rings (SSSR count). The predicted octanol–water partition coefficient (Wildman–Crippen LogP) is -0.987. The average molecular weight is 139 g/mol. The first-order valence-electron chi connectivity index (χ1n) is 2.94. The van der Waals surface area contributed by atoms with Crippen molar-refractivity contribution in [2.75, 3.05) is 7.05 Å². The Morgan fingerprint density at radius 1 is 1.90 bits per heavy atom. The Morgan fingerprint density at radius 2 is 2.60 bits per heavy atom. The summed E-state index contributed by atoms with van der Waals surface area (Å²) in [6, 6.07) is 0. The van der Waals surface area contributed by atoms with Crippen LogP contribution in [-0.2, 0) is 4.79 Å². The Kier molecular flexibility index (Phi) is 1.71. The first kappa shape index (κ1) is 6.80. The monoisotopic (exact) mass is 139 g/mol. The van der Waals surface area contributed by atoms with Gasteiger partial charge in [-0.15, -0.1) is 0 Å². The van der Waals surface area contributed by atoms with Crippen molar-refractivity contribution in [3.63, 3.8) is 0 Å². The van der Waals surface area contributed by atoms with Crippen molar-refractivity contribution in [1.29, 1.82) is 0 Å². The van der Waals surface area contributed by atoms with Gasteiger partial charge in [0, 0.05) is 0 Å². The highest BCUT2D eigenvalue weighted by atomic mass is 16.1. The largest absolute Gasteiger partial charge is 0.369 e. The lowest BCUT2D eigenvalue weighted by atomic mass is 10.3. The molecule has 0 saturated heterocycles. The van der Waals surface area contributed by atoms with E-state index in [2.05, 4.69) is 4.99 Å². The molecule has 4 nitrogen and oxygen atoms in total. The van der Waals surface area contributed by atoms with Crippen LogP contribution in [0.3, 0.4) is 0 Å². The second-order valence-corrected chi connectivity index (χ2v) is 2.10. The molecule has 0 aliphatic carbocycles. The Bertz CT molecular complexity index is 207. The molecule has 1 heterocycles. The molecule has 0 spiro atoms. The smallest absolute Gasteiger partial charge is 0.307 e. The summed E-state index contributed by atoms with van der Waals surface area (Å²) in [6.45, 7) is 0. The highest BCUT2D eigenvalue weighted by molar-refractivity contribution is 5.99. The van der Waals surface area contributed by atoms with Gasteiger partial charge in [0.1, 0.15) is 12.6 Å². The molecule has 0 aromatic rings. The van der Waals surface area contributed by atoms with E-state index in [1.165, 1.54) is 0 Å². The Labute approximate surface area is 59.0 Å². The van der Waals surface area contributed by atoms with Crippen molar-refractivity contribution < 1.29 is 4.79 Å². The summed E-state index contributed by atoms with van der Waals surface area (Å²) in [7, 11) is 1.82. The van der Waals surface area contributed by atoms with Gasteiger partial charge in [0.2, 0.25) is 5.91 Å². The van der Waals surface area contributed by atoms with Gasteiger partial charge >= 0.3 is 5.84 Å². The van der Waals surface area contributed by atoms with Crippen LogP contribution < -0.4 is 10.7 Å². The summed E-state index contributed by atoms with van der Waals surface area (Å²) in [5, 5.41) is 0. The minimum Gasteiger partial charge on any atom is -0.369 e. The van der Waals surface area contributed by atoms with Crippen molar-refractivity contribution in [3.8, 4) is 0 Å². The molecule has 0 saturated carbocycles. The lowest BCUT2D eigenvalue weighted by molar-refractivity contribution is -0.116. The molecule has 0 aromatic carbocycles. The van der Waals surface area contributed by atoms with Crippen LogP contribution in [0.15, 0.2) is 12.4 Å². The lowest BCUT2D eigenvalue weighted by Gasteiger charge is -1.98. The van der Waals surface area contributed by atoms with E-state index >= 15 is 0 Å². The third-order valence-corrected chi connectivity index (χ3v) is 1.25. The fraction of sp³-hybridized carbons (Fsp3) is 0.333. The van der Waals surface area contributed by atoms with E-state index in [0.29, 0.717) is 5.84 Å². The topological polar surface area (TPSA) is 60.4 Å². The maximum atomic E-state index is 10.4. The molecule has 10 heavy (non-hydrogen) atoms. The number of nitrogens with zero attached hydrogens (tertiary/aromatic N) is 2. The zero-order valence-electron chi connectivity index (χ0n) is 5.74. The minimum atomic E-state index is -0.352. The summed E-state index contributed by atoms with van der Waals surface area (Å²) < 4.78 is 0. The number of carbonyl (C=O) groups excluding carboxylic acids is 1. The second-order valence-electron chi connectivity index (χ2n) is 2.10. The van der Waals surface area contributed by atoms with Gasteiger partial charge < -0.3 is 5.73 Å². The first-order valence-corrected chi connectivity index (χ1v) is 2.94. The Hall–Kier alpha value is -1.32. The highest BCUT2D eigenvalue weighted by Gasteiger charge is 2.20. The molecule has 0 bridgehead atoms. The predicted molar refractivity (Wildman–Crippen MR) is 37.9 cm³/mol. The molecule has 0 atom stereocenters. The molecule has 1 aliphatic rings. The fourth-order valence-electron chi connectivity index (χ4n) is 0.723. The normalized spacial score (nSPS) is 15.7. The van der Waals surface area contributed by atoms with Gasteiger partial charge in [0.25, 0.3) is 0 Å². The van der Waals surface area contributed by atoms with Crippen LogP contribution in [0.4, 0.5) is 0 Å². The number of carbonyl (C=O) groups is 1. The van der Waals surface area contributed by atoms with Crippen LogP contribution in [-0.4, -0.2) is 23.7 Å². The lowest BCUT2D eigenvalue weighted by Crippen LogP contribution is -2.26. The Balaban J connectivity index is 2.52. The van der Waals surface area contributed by atoms with Gasteiger partial charge in [-0.25, -0.2) is 4.90 Å². The third-order valence-electron chi connectivity index (χ3n) is 1.25. The van der Waals surface area contributed by atoms with Crippen molar-refractivity contribution >= 4 is 11.7 Å². The average Bonchev–Trinajstić information content (AvgIpc) is 2.15. The molecule has 0 fully saturated rings. The van der Waals surface area contributed by atoms with Crippen molar-refractivity contribution in [2.24, 2.45) is 5.73 Å². The molecule has 4 heteroatoms. The minimum absolute atomic E-state index is 0.212. The maximum absolute atomic E-state index is 10.4. The summed E-state index contributed by atoms with van der Waals surface area (Å²) in [4.78, 5) is 16.1. The fourth-order valence-corrected chi connectivity index (χ4v) is 0.723. The summed E-state index contributed by atoms with van der Waals surface area (Å²) >= 11 is 0. The highest BCUT2D eigenvalue weighted by Crippen LogP contribution is 1.95. The van der Waals surface area contributed by atoms with Crippen LogP contribution in [0.1, 0.15) is 6.42 Å². The quantitative estimate of drug-likeness (QED) is 0.534. The van der Waals surface area contributed by atoms with Gasteiger partial charge in [-0.3, -0.25) is 4.79 Å². The summed E-state index contributed by atoms with van der Waals surface area (Å²) in [6.07, 6.45) is 3.63. The van der Waals surface area contributed by atoms with Gasteiger partial charge in [0.15, 0.2) is 6.20 Å².